The zero-order valence-electron chi connectivity index (χ0n) is 9.32. The molecule has 4 heteroatoms. The summed E-state index contributed by atoms with van der Waals surface area (Å²) in [7, 11) is 0. The molecule has 17 heavy (non-hydrogen) atoms. The van der Waals surface area contributed by atoms with Crippen LogP contribution in [0, 0.1) is 5.82 Å². The molecule has 0 saturated heterocycles. The van der Waals surface area contributed by atoms with Gasteiger partial charge in [-0.15, -0.1) is 0 Å². The topological polar surface area (TPSA) is 24.9 Å². The summed E-state index contributed by atoms with van der Waals surface area (Å²) >= 11 is 5.89. The Kier molecular flexibility index (Phi) is 3.59. The fourth-order valence-electron chi connectivity index (χ4n) is 1.55. The third-order valence-electron chi connectivity index (χ3n) is 2.40. The zero-order chi connectivity index (χ0) is 12.3. The Morgan fingerprint density at radius 3 is 2.76 bits per heavy atom. The summed E-state index contributed by atoms with van der Waals surface area (Å²) in [4.78, 5) is 4.03. The quantitative estimate of drug-likeness (QED) is 0.889. The maximum Gasteiger partial charge on any atom is 0.141 e. The van der Waals surface area contributed by atoms with E-state index in [4.69, 9.17) is 11.6 Å². The summed E-state index contributed by atoms with van der Waals surface area (Å²) in [6, 6.07) is 10.5. The number of hydrogen-bond acceptors (Lipinski definition) is 2. The van der Waals surface area contributed by atoms with Gasteiger partial charge in [0.15, 0.2) is 0 Å². The van der Waals surface area contributed by atoms with Crippen molar-refractivity contribution in [3.8, 4) is 0 Å². The predicted molar refractivity (Wildman–Crippen MR) is 67.7 cm³/mol. The van der Waals surface area contributed by atoms with Crippen LogP contribution in [-0.2, 0) is 0 Å². The van der Waals surface area contributed by atoms with Gasteiger partial charge in [0.2, 0.25) is 0 Å². The number of aromatic nitrogens is 1. The van der Waals surface area contributed by atoms with Crippen molar-refractivity contribution in [3.05, 3.63) is 59.1 Å². The van der Waals surface area contributed by atoms with Crippen LogP contribution in [-0.4, -0.2) is 4.98 Å². The van der Waals surface area contributed by atoms with Crippen molar-refractivity contribution in [3.63, 3.8) is 0 Å². The van der Waals surface area contributed by atoms with Gasteiger partial charge in [0.25, 0.3) is 0 Å². The van der Waals surface area contributed by atoms with Gasteiger partial charge in [0.05, 0.1) is 17.9 Å². The number of nitrogens with zero attached hydrogens (tertiary/aromatic N) is 1. The van der Waals surface area contributed by atoms with Crippen LogP contribution < -0.4 is 5.32 Å². The van der Waals surface area contributed by atoms with Gasteiger partial charge in [0, 0.05) is 10.7 Å². The first-order valence-electron chi connectivity index (χ1n) is 5.29. The SMILES string of the molecule is CC(Nc1cccc(Cl)c1)c1ccc(F)cn1. The van der Waals surface area contributed by atoms with Crippen LogP contribution in [0.25, 0.3) is 0 Å². The third-order valence-corrected chi connectivity index (χ3v) is 2.64. The molecular weight excluding hydrogens is 239 g/mol. The first-order chi connectivity index (χ1) is 8.15. The van der Waals surface area contributed by atoms with Crippen LogP contribution in [0.4, 0.5) is 10.1 Å². The van der Waals surface area contributed by atoms with Gasteiger partial charge in [-0.3, -0.25) is 4.98 Å². The molecule has 1 aromatic heterocycles. The second kappa shape index (κ2) is 5.15. The van der Waals surface area contributed by atoms with Crippen molar-refractivity contribution in [2.45, 2.75) is 13.0 Å². The first kappa shape index (κ1) is 11.9. The van der Waals surface area contributed by atoms with E-state index >= 15 is 0 Å². The van der Waals surface area contributed by atoms with E-state index in [0.717, 1.165) is 11.4 Å². The van der Waals surface area contributed by atoms with Crippen LogP contribution >= 0.6 is 11.6 Å². The second-order valence-corrected chi connectivity index (χ2v) is 4.21. The zero-order valence-corrected chi connectivity index (χ0v) is 10.1. The molecule has 2 nitrogen and oxygen atoms in total. The van der Waals surface area contributed by atoms with E-state index in [0.29, 0.717) is 5.02 Å². The summed E-state index contributed by atoms with van der Waals surface area (Å²) in [5, 5.41) is 3.92. The Bertz CT molecular complexity index is 499. The molecule has 88 valence electrons. The van der Waals surface area contributed by atoms with Gasteiger partial charge in [-0.2, -0.15) is 0 Å². The number of benzene rings is 1. The normalized spacial score (nSPS) is 12.2. The molecule has 1 unspecified atom stereocenters. The highest BCUT2D eigenvalue weighted by molar-refractivity contribution is 6.30. The molecule has 1 heterocycles. The van der Waals surface area contributed by atoms with Crippen LogP contribution in [0.2, 0.25) is 5.02 Å². The lowest BCUT2D eigenvalue weighted by molar-refractivity contribution is 0.617. The Morgan fingerprint density at radius 1 is 1.29 bits per heavy atom. The van der Waals surface area contributed by atoms with E-state index in [1.807, 2.05) is 31.2 Å². The highest BCUT2D eigenvalue weighted by Crippen LogP contribution is 2.20. The van der Waals surface area contributed by atoms with Gasteiger partial charge in [-0.1, -0.05) is 17.7 Å². The van der Waals surface area contributed by atoms with E-state index in [2.05, 4.69) is 10.3 Å². The maximum atomic E-state index is 12.7. The van der Waals surface area contributed by atoms with Crippen LogP contribution in [0.3, 0.4) is 0 Å². The van der Waals surface area contributed by atoms with Crippen molar-refractivity contribution in [2.24, 2.45) is 0 Å². The Hall–Kier alpha value is -1.61. The lowest BCUT2D eigenvalue weighted by atomic mass is 10.2. The lowest BCUT2D eigenvalue weighted by Crippen LogP contribution is -2.08. The largest absolute Gasteiger partial charge is 0.377 e. The average Bonchev–Trinajstić information content (AvgIpc) is 2.29. The number of halogens is 2. The monoisotopic (exact) mass is 250 g/mol. The highest BCUT2D eigenvalue weighted by atomic mass is 35.5. The van der Waals surface area contributed by atoms with Crippen molar-refractivity contribution >= 4 is 17.3 Å². The standard InChI is InChI=1S/C13H12ClFN2/c1-9(13-6-5-11(15)8-16-13)17-12-4-2-3-10(14)7-12/h2-9,17H,1H3. The van der Waals surface area contributed by atoms with Crippen LogP contribution in [0.1, 0.15) is 18.7 Å². The molecule has 1 aromatic carbocycles. The van der Waals surface area contributed by atoms with Gasteiger partial charge in [-0.05, 0) is 37.3 Å². The molecule has 0 aliphatic rings. The summed E-state index contributed by atoms with van der Waals surface area (Å²) in [6.07, 6.45) is 1.21. The summed E-state index contributed by atoms with van der Waals surface area (Å²) in [6.45, 7) is 1.96. The molecule has 0 radical (unpaired) electrons. The van der Waals surface area contributed by atoms with Gasteiger partial charge < -0.3 is 5.32 Å². The predicted octanol–water partition coefficient (Wildman–Crippen LogP) is 4.05. The van der Waals surface area contributed by atoms with Crippen LogP contribution in [0.15, 0.2) is 42.6 Å². The fourth-order valence-corrected chi connectivity index (χ4v) is 1.74. The Balaban J connectivity index is 2.11. The van der Waals surface area contributed by atoms with Crippen molar-refractivity contribution in [2.75, 3.05) is 5.32 Å². The minimum Gasteiger partial charge on any atom is -0.377 e. The minimum atomic E-state index is -0.330. The van der Waals surface area contributed by atoms with Crippen molar-refractivity contribution < 1.29 is 4.39 Å². The average molecular weight is 251 g/mol. The number of nitrogens with one attached hydrogen (secondary N) is 1. The van der Waals surface area contributed by atoms with E-state index < -0.39 is 0 Å². The smallest absolute Gasteiger partial charge is 0.141 e. The second-order valence-electron chi connectivity index (χ2n) is 3.78. The Morgan fingerprint density at radius 2 is 2.12 bits per heavy atom. The van der Waals surface area contributed by atoms with Crippen molar-refractivity contribution in [1.82, 2.24) is 4.98 Å². The molecule has 0 fully saturated rings. The molecule has 0 amide bonds. The highest BCUT2D eigenvalue weighted by Gasteiger charge is 2.06. The molecule has 1 N–H and O–H groups in total. The minimum absolute atomic E-state index is 0.00549. The van der Waals surface area contributed by atoms with Crippen molar-refractivity contribution in [1.29, 1.82) is 0 Å². The summed E-state index contributed by atoms with van der Waals surface area (Å²) in [5.74, 6) is -0.330. The molecule has 0 spiro atoms. The van der Waals surface area contributed by atoms with Gasteiger partial charge in [0.1, 0.15) is 5.82 Å². The molecule has 1 atom stereocenters. The number of rotatable bonds is 3. The Labute approximate surface area is 104 Å². The van der Waals surface area contributed by atoms with E-state index in [1.165, 1.54) is 12.3 Å². The summed E-state index contributed by atoms with van der Waals surface area (Å²) in [5.41, 5.74) is 1.70. The molecule has 0 saturated carbocycles. The third kappa shape index (κ3) is 3.17. The first-order valence-corrected chi connectivity index (χ1v) is 5.66. The number of anilines is 1. The maximum absolute atomic E-state index is 12.7. The molecule has 0 aliphatic heterocycles. The molecular formula is C13H12ClFN2. The molecule has 2 aromatic rings. The van der Waals surface area contributed by atoms with E-state index in [1.54, 1.807) is 6.07 Å². The van der Waals surface area contributed by atoms with E-state index in [9.17, 15) is 4.39 Å². The van der Waals surface area contributed by atoms with Crippen LogP contribution in [0.5, 0.6) is 0 Å². The number of hydrogen-bond donors (Lipinski definition) is 1. The number of pyridine rings is 1. The summed E-state index contributed by atoms with van der Waals surface area (Å²) < 4.78 is 12.7. The van der Waals surface area contributed by atoms with E-state index in [-0.39, 0.29) is 11.9 Å². The molecule has 2 rings (SSSR count). The molecule has 0 bridgehead atoms. The van der Waals surface area contributed by atoms with Gasteiger partial charge >= 0.3 is 0 Å². The lowest BCUT2D eigenvalue weighted by Gasteiger charge is -2.14. The molecule has 0 aliphatic carbocycles. The fraction of sp³-hybridized carbons (Fsp3) is 0.154. The van der Waals surface area contributed by atoms with Gasteiger partial charge in [-0.25, -0.2) is 4.39 Å².